The summed E-state index contributed by atoms with van der Waals surface area (Å²) in [5.74, 6) is -0.115. The molecule has 1 aromatic rings. The number of carbonyl (C=O) groups is 1. The Hall–Kier alpha value is -1.60. The summed E-state index contributed by atoms with van der Waals surface area (Å²) in [4.78, 5) is 30.0. The summed E-state index contributed by atoms with van der Waals surface area (Å²) in [5.41, 5.74) is -0.0723. The number of nitrogens with zero attached hydrogens (tertiary/aromatic N) is 3. The number of aromatic nitrogens is 2. The minimum Gasteiger partial charge on any atom is -0.480 e. The third-order valence-electron chi connectivity index (χ3n) is 4.85. The zero-order valence-electron chi connectivity index (χ0n) is 13.8. The molecule has 132 valence electrons. The number of carboxylic acid groups (broad SMARTS) is 1. The first-order chi connectivity index (χ1) is 11.5. The van der Waals surface area contributed by atoms with Gasteiger partial charge in [-0.3, -0.25) is 19.1 Å². The van der Waals surface area contributed by atoms with Crippen LogP contribution in [0.3, 0.4) is 0 Å². The number of rotatable bonds is 7. The van der Waals surface area contributed by atoms with Crippen molar-refractivity contribution in [1.29, 1.82) is 0 Å². The molecule has 2 fully saturated rings. The molecule has 0 unspecified atom stereocenters. The van der Waals surface area contributed by atoms with E-state index in [1.807, 2.05) is 0 Å². The Kier molecular flexibility index (Phi) is 5.10. The van der Waals surface area contributed by atoms with Gasteiger partial charge in [-0.15, -0.1) is 0 Å². The summed E-state index contributed by atoms with van der Waals surface area (Å²) < 4.78 is 1.15. The Morgan fingerprint density at radius 3 is 2.83 bits per heavy atom. The highest BCUT2D eigenvalue weighted by Gasteiger charge is 2.31. The Morgan fingerprint density at radius 1 is 1.42 bits per heavy atom. The molecule has 3 rings (SSSR count). The van der Waals surface area contributed by atoms with Crippen LogP contribution in [0.5, 0.6) is 0 Å². The van der Waals surface area contributed by atoms with Gasteiger partial charge >= 0.3 is 5.97 Å². The van der Waals surface area contributed by atoms with E-state index in [-0.39, 0.29) is 11.0 Å². The summed E-state index contributed by atoms with van der Waals surface area (Å²) in [6, 6.07) is 0.389. The van der Waals surface area contributed by atoms with E-state index in [0.717, 1.165) is 30.0 Å². The lowest BCUT2D eigenvalue weighted by atomic mass is 10.2. The van der Waals surface area contributed by atoms with Crippen LogP contribution in [0.25, 0.3) is 0 Å². The van der Waals surface area contributed by atoms with Crippen LogP contribution >= 0.6 is 11.6 Å². The van der Waals surface area contributed by atoms with Gasteiger partial charge in [0.05, 0.1) is 5.69 Å². The van der Waals surface area contributed by atoms with Gasteiger partial charge in [0.25, 0.3) is 5.56 Å². The van der Waals surface area contributed by atoms with Crippen molar-refractivity contribution >= 4 is 23.4 Å². The van der Waals surface area contributed by atoms with E-state index >= 15 is 0 Å². The molecular formula is C16H23ClN4O3. The van der Waals surface area contributed by atoms with E-state index in [9.17, 15) is 9.59 Å². The van der Waals surface area contributed by atoms with Gasteiger partial charge in [0.15, 0.2) is 11.0 Å². The first-order valence-electron chi connectivity index (χ1n) is 8.42. The monoisotopic (exact) mass is 354 g/mol. The van der Waals surface area contributed by atoms with Crippen LogP contribution < -0.4 is 10.9 Å². The van der Waals surface area contributed by atoms with Crippen LogP contribution in [0.1, 0.15) is 31.4 Å². The van der Waals surface area contributed by atoms with Crippen LogP contribution in [0.4, 0.5) is 5.82 Å². The van der Waals surface area contributed by atoms with Crippen molar-refractivity contribution in [2.24, 2.45) is 5.92 Å². The molecule has 24 heavy (non-hydrogen) atoms. The van der Waals surface area contributed by atoms with Crippen molar-refractivity contribution in [2.75, 3.05) is 25.0 Å². The summed E-state index contributed by atoms with van der Waals surface area (Å²) in [5, 5.41) is 12.2. The van der Waals surface area contributed by atoms with Crippen molar-refractivity contribution in [3.63, 3.8) is 0 Å². The molecule has 2 N–H and O–H groups in total. The topological polar surface area (TPSA) is 87.5 Å². The highest BCUT2D eigenvalue weighted by atomic mass is 35.5. The fraction of sp³-hybridized carbons (Fsp3) is 0.688. The molecule has 2 aliphatic rings. The number of hydrogen-bond donors (Lipinski definition) is 2. The second-order valence-electron chi connectivity index (χ2n) is 6.74. The molecular weight excluding hydrogens is 332 g/mol. The summed E-state index contributed by atoms with van der Waals surface area (Å²) >= 11 is 6.06. The predicted molar refractivity (Wildman–Crippen MR) is 91.7 cm³/mol. The molecule has 1 aromatic heterocycles. The van der Waals surface area contributed by atoms with Gasteiger partial charge in [-0.1, -0.05) is 11.6 Å². The third-order valence-corrected chi connectivity index (χ3v) is 5.21. The summed E-state index contributed by atoms with van der Waals surface area (Å²) in [7, 11) is 0. The van der Waals surface area contributed by atoms with Crippen molar-refractivity contribution in [1.82, 2.24) is 14.5 Å². The van der Waals surface area contributed by atoms with Gasteiger partial charge in [0, 0.05) is 19.1 Å². The third kappa shape index (κ3) is 3.89. The van der Waals surface area contributed by atoms with Gasteiger partial charge in [0.1, 0.15) is 6.54 Å². The smallest absolute Gasteiger partial charge is 0.323 e. The lowest BCUT2D eigenvalue weighted by Crippen LogP contribution is -2.38. The standard InChI is InChI=1S/C16H23ClN4O3/c1-10-14(17)19-15(16(24)21(10)9-13(22)23)18-7-12-3-2-6-20(12)8-11-4-5-11/h11-12H,2-9H2,1H3,(H,18,19)(H,22,23)/t12-/m1/s1. The van der Waals surface area contributed by atoms with Gasteiger partial charge in [-0.05, 0) is 45.1 Å². The molecule has 1 saturated carbocycles. The molecule has 7 nitrogen and oxygen atoms in total. The van der Waals surface area contributed by atoms with Gasteiger partial charge in [0.2, 0.25) is 0 Å². The number of nitrogens with one attached hydrogen (secondary N) is 1. The normalized spacial score (nSPS) is 21.2. The highest BCUT2D eigenvalue weighted by molar-refractivity contribution is 6.30. The number of likely N-dealkylation sites (tertiary alicyclic amines) is 1. The molecule has 1 atom stereocenters. The van der Waals surface area contributed by atoms with Gasteiger partial charge in [-0.2, -0.15) is 0 Å². The lowest BCUT2D eigenvalue weighted by Gasteiger charge is -2.24. The molecule has 1 saturated heterocycles. The van der Waals surface area contributed by atoms with E-state index in [4.69, 9.17) is 16.7 Å². The molecule has 8 heteroatoms. The van der Waals surface area contributed by atoms with Crippen molar-refractivity contribution < 1.29 is 9.90 Å². The van der Waals surface area contributed by atoms with Crippen molar-refractivity contribution in [2.45, 2.75) is 45.2 Å². The Morgan fingerprint density at radius 2 is 2.17 bits per heavy atom. The number of halogens is 1. The molecule has 0 spiro atoms. The fourth-order valence-electron chi connectivity index (χ4n) is 3.27. The zero-order valence-corrected chi connectivity index (χ0v) is 14.6. The second kappa shape index (κ2) is 7.11. The maximum Gasteiger partial charge on any atom is 0.323 e. The van der Waals surface area contributed by atoms with E-state index in [1.54, 1.807) is 6.92 Å². The second-order valence-corrected chi connectivity index (χ2v) is 7.09. The quantitative estimate of drug-likeness (QED) is 0.773. The largest absolute Gasteiger partial charge is 0.480 e. The maximum absolute atomic E-state index is 12.5. The number of aliphatic carboxylic acids is 1. The minimum atomic E-state index is -1.08. The van der Waals surface area contributed by atoms with Crippen LogP contribution in [0.15, 0.2) is 4.79 Å². The van der Waals surface area contributed by atoms with E-state index in [2.05, 4.69) is 15.2 Å². The summed E-state index contributed by atoms with van der Waals surface area (Å²) in [6.07, 6.45) is 4.92. The van der Waals surface area contributed by atoms with Crippen LogP contribution in [-0.2, 0) is 11.3 Å². The SMILES string of the molecule is Cc1c(Cl)nc(NC[C@H]2CCCN2CC2CC2)c(=O)n1CC(=O)O. The minimum absolute atomic E-state index is 0.130. The van der Waals surface area contributed by atoms with Crippen molar-refractivity contribution in [3.8, 4) is 0 Å². The molecule has 0 bridgehead atoms. The average molecular weight is 355 g/mol. The molecule has 0 amide bonds. The zero-order chi connectivity index (χ0) is 17.3. The summed E-state index contributed by atoms with van der Waals surface area (Å²) in [6.45, 7) is 4.05. The Labute approximate surface area is 145 Å². The van der Waals surface area contributed by atoms with E-state index in [1.165, 1.54) is 19.3 Å². The lowest BCUT2D eigenvalue weighted by molar-refractivity contribution is -0.137. The molecule has 1 aliphatic heterocycles. The van der Waals surface area contributed by atoms with Gasteiger partial charge < -0.3 is 10.4 Å². The average Bonchev–Trinajstić information content (AvgIpc) is 3.24. The van der Waals surface area contributed by atoms with Crippen LogP contribution in [0.2, 0.25) is 5.15 Å². The fourth-order valence-corrected chi connectivity index (χ4v) is 3.46. The number of carboxylic acids is 1. The number of anilines is 1. The van der Waals surface area contributed by atoms with E-state index in [0.29, 0.717) is 18.3 Å². The Balaban J connectivity index is 1.71. The molecule has 0 radical (unpaired) electrons. The first kappa shape index (κ1) is 17.2. The highest BCUT2D eigenvalue weighted by Crippen LogP contribution is 2.32. The predicted octanol–water partition coefficient (Wildman–Crippen LogP) is 1.58. The molecule has 0 aromatic carbocycles. The van der Waals surface area contributed by atoms with Gasteiger partial charge in [-0.25, -0.2) is 4.98 Å². The van der Waals surface area contributed by atoms with Crippen molar-refractivity contribution in [3.05, 3.63) is 21.2 Å². The van der Waals surface area contributed by atoms with Crippen LogP contribution in [0, 0.1) is 12.8 Å². The molecule has 2 heterocycles. The van der Waals surface area contributed by atoms with E-state index < -0.39 is 18.1 Å². The Bertz CT molecular complexity index is 687. The number of hydrogen-bond acceptors (Lipinski definition) is 5. The molecule has 1 aliphatic carbocycles. The first-order valence-corrected chi connectivity index (χ1v) is 8.80. The van der Waals surface area contributed by atoms with Crippen LogP contribution in [-0.4, -0.2) is 51.2 Å². The maximum atomic E-state index is 12.5.